The van der Waals surface area contributed by atoms with Crippen LogP contribution in [0.1, 0.15) is 35.9 Å². The second-order valence-electron chi connectivity index (χ2n) is 4.68. The average molecular weight is 285 g/mol. The highest BCUT2D eigenvalue weighted by atomic mass is 16.5. The van der Waals surface area contributed by atoms with Crippen molar-refractivity contribution in [2.75, 3.05) is 12.3 Å². The second kappa shape index (κ2) is 6.79. The Labute approximate surface area is 124 Å². The van der Waals surface area contributed by atoms with Gasteiger partial charge >= 0.3 is 5.97 Å². The molecule has 4 heteroatoms. The number of carbonyl (C=O) groups excluding carboxylic acids is 1. The molecule has 0 fully saturated rings. The van der Waals surface area contributed by atoms with Crippen LogP contribution in [0.3, 0.4) is 0 Å². The van der Waals surface area contributed by atoms with E-state index in [0.29, 0.717) is 23.6 Å². The Bertz CT molecular complexity index is 611. The van der Waals surface area contributed by atoms with E-state index in [0.717, 1.165) is 5.56 Å². The first-order chi connectivity index (χ1) is 10.1. The molecular weight excluding hydrogens is 266 g/mol. The summed E-state index contributed by atoms with van der Waals surface area (Å²) in [6.45, 7) is 4.22. The molecule has 0 saturated heterocycles. The van der Waals surface area contributed by atoms with E-state index in [1.165, 1.54) is 0 Å². The van der Waals surface area contributed by atoms with Crippen LogP contribution >= 0.6 is 0 Å². The number of hydrogen-bond acceptors (Lipinski definition) is 4. The normalized spacial score (nSPS) is 11.7. The van der Waals surface area contributed by atoms with Crippen molar-refractivity contribution < 1.29 is 14.3 Å². The lowest BCUT2D eigenvalue weighted by Gasteiger charge is -2.14. The van der Waals surface area contributed by atoms with E-state index >= 15 is 0 Å². The number of esters is 1. The Morgan fingerprint density at radius 3 is 2.57 bits per heavy atom. The molecule has 0 saturated carbocycles. The van der Waals surface area contributed by atoms with E-state index in [4.69, 9.17) is 15.2 Å². The molecule has 2 rings (SSSR count). The third-order valence-electron chi connectivity index (χ3n) is 3.03. The van der Waals surface area contributed by atoms with Gasteiger partial charge in [-0.15, -0.1) is 0 Å². The average Bonchev–Trinajstić information content (AvgIpc) is 2.48. The number of nitrogen functional groups attached to an aromatic ring is 1. The lowest BCUT2D eigenvalue weighted by atomic mass is 10.1. The summed E-state index contributed by atoms with van der Waals surface area (Å²) in [6.07, 6.45) is -0.323. The summed E-state index contributed by atoms with van der Waals surface area (Å²) in [5.41, 5.74) is 7.59. The van der Waals surface area contributed by atoms with Gasteiger partial charge in [-0.3, -0.25) is 0 Å². The zero-order chi connectivity index (χ0) is 15.2. The third kappa shape index (κ3) is 3.99. The van der Waals surface area contributed by atoms with Crippen LogP contribution in [-0.2, 0) is 4.74 Å². The molecule has 110 valence electrons. The molecule has 0 spiro atoms. The monoisotopic (exact) mass is 285 g/mol. The van der Waals surface area contributed by atoms with Crippen molar-refractivity contribution in [3.63, 3.8) is 0 Å². The van der Waals surface area contributed by atoms with Crippen molar-refractivity contribution in [1.82, 2.24) is 0 Å². The first-order valence-electron chi connectivity index (χ1n) is 6.89. The maximum absolute atomic E-state index is 12.2. The van der Waals surface area contributed by atoms with Crippen molar-refractivity contribution in [2.45, 2.75) is 20.0 Å². The topological polar surface area (TPSA) is 61.5 Å². The number of ether oxygens (including phenoxy) is 2. The lowest BCUT2D eigenvalue weighted by Crippen LogP contribution is -2.10. The van der Waals surface area contributed by atoms with E-state index in [-0.39, 0.29) is 6.10 Å². The Balaban J connectivity index is 2.13. The van der Waals surface area contributed by atoms with Crippen molar-refractivity contribution in [3.05, 3.63) is 59.7 Å². The molecule has 0 aliphatic rings. The zero-order valence-corrected chi connectivity index (χ0v) is 12.2. The molecule has 2 aromatic carbocycles. The van der Waals surface area contributed by atoms with Gasteiger partial charge in [-0.2, -0.15) is 0 Å². The minimum absolute atomic E-state index is 0.323. The maximum atomic E-state index is 12.2. The predicted octanol–water partition coefficient (Wildman–Crippen LogP) is 3.59. The smallest absolute Gasteiger partial charge is 0.338 e. The summed E-state index contributed by atoms with van der Waals surface area (Å²) in [6, 6.07) is 14.5. The van der Waals surface area contributed by atoms with Gasteiger partial charge in [0.25, 0.3) is 0 Å². The van der Waals surface area contributed by atoms with E-state index in [9.17, 15) is 4.79 Å². The molecule has 4 nitrogen and oxygen atoms in total. The fourth-order valence-corrected chi connectivity index (χ4v) is 2.01. The summed E-state index contributed by atoms with van der Waals surface area (Å²) in [7, 11) is 0. The molecule has 0 amide bonds. The molecule has 21 heavy (non-hydrogen) atoms. The number of hydrogen-bond donors (Lipinski definition) is 1. The molecule has 2 aromatic rings. The standard InChI is InChI=1S/C17H19NO3/c1-3-20-16-10-14(9-15(18)11-16)17(19)21-12(2)13-7-5-4-6-8-13/h4-12H,3,18H2,1-2H3. The minimum Gasteiger partial charge on any atom is -0.494 e. The molecule has 0 radical (unpaired) electrons. The van der Waals surface area contributed by atoms with E-state index in [2.05, 4.69) is 0 Å². The molecule has 2 N–H and O–H groups in total. The maximum Gasteiger partial charge on any atom is 0.338 e. The fourth-order valence-electron chi connectivity index (χ4n) is 2.01. The zero-order valence-electron chi connectivity index (χ0n) is 12.2. The lowest BCUT2D eigenvalue weighted by molar-refractivity contribution is 0.0337. The van der Waals surface area contributed by atoms with Gasteiger partial charge in [0.2, 0.25) is 0 Å². The summed E-state index contributed by atoms with van der Waals surface area (Å²) >= 11 is 0. The Hall–Kier alpha value is -2.49. The number of anilines is 1. The molecular formula is C17H19NO3. The van der Waals surface area contributed by atoms with Gasteiger partial charge in [0, 0.05) is 11.8 Å². The van der Waals surface area contributed by atoms with E-state index in [1.54, 1.807) is 18.2 Å². The Kier molecular flexibility index (Phi) is 4.82. The number of benzene rings is 2. The summed E-state index contributed by atoms with van der Waals surface area (Å²) in [5, 5.41) is 0. The van der Waals surface area contributed by atoms with Gasteiger partial charge in [-0.1, -0.05) is 30.3 Å². The van der Waals surface area contributed by atoms with Crippen molar-refractivity contribution in [3.8, 4) is 5.75 Å². The molecule has 1 atom stereocenters. The van der Waals surface area contributed by atoms with E-state index < -0.39 is 5.97 Å². The van der Waals surface area contributed by atoms with Crippen LogP contribution in [0.15, 0.2) is 48.5 Å². The van der Waals surface area contributed by atoms with Crippen LogP contribution in [0, 0.1) is 0 Å². The van der Waals surface area contributed by atoms with Crippen LogP contribution in [0.25, 0.3) is 0 Å². The molecule has 0 bridgehead atoms. The third-order valence-corrected chi connectivity index (χ3v) is 3.03. The van der Waals surface area contributed by atoms with Crippen molar-refractivity contribution >= 4 is 11.7 Å². The molecule has 0 heterocycles. The molecule has 0 aliphatic carbocycles. The SMILES string of the molecule is CCOc1cc(N)cc(C(=O)OC(C)c2ccccc2)c1. The largest absolute Gasteiger partial charge is 0.494 e. The highest BCUT2D eigenvalue weighted by Gasteiger charge is 2.15. The van der Waals surface area contributed by atoms with Crippen LogP contribution in [0.4, 0.5) is 5.69 Å². The first-order valence-corrected chi connectivity index (χ1v) is 6.89. The van der Waals surface area contributed by atoms with Crippen LogP contribution < -0.4 is 10.5 Å². The Morgan fingerprint density at radius 2 is 1.90 bits per heavy atom. The minimum atomic E-state index is -0.417. The van der Waals surface area contributed by atoms with Gasteiger partial charge < -0.3 is 15.2 Å². The number of carbonyl (C=O) groups is 1. The predicted molar refractivity (Wildman–Crippen MR) is 82.3 cm³/mol. The van der Waals surface area contributed by atoms with Crippen LogP contribution in [0.5, 0.6) is 5.75 Å². The number of nitrogens with two attached hydrogens (primary N) is 1. The van der Waals surface area contributed by atoms with E-state index in [1.807, 2.05) is 44.2 Å². The van der Waals surface area contributed by atoms with Crippen LogP contribution in [-0.4, -0.2) is 12.6 Å². The summed E-state index contributed by atoms with van der Waals surface area (Å²) in [4.78, 5) is 12.2. The van der Waals surface area contributed by atoms with Gasteiger partial charge in [-0.25, -0.2) is 4.79 Å². The van der Waals surface area contributed by atoms with Gasteiger partial charge in [-0.05, 0) is 31.5 Å². The first kappa shape index (κ1) is 14.9. The second-order valence-corrected chi connectivity index (χ2v) is 4.68. The molecule has 1 unspecified atom stereocenters. The van der Waals surface area contributed by atoms with Crippen molar-refractivity contribution in [2.24, 2.45) is 0 Å². The van der Waals surface area contributed by atoms with Gasteiger partial charge in [0.15, 0.2) is 0 Å². The molecule has 0 aromatic heterocycles. The van der Waals surface area contributed by atoms with Crippen LogP contribution in [0.2, 0.25) is 0 Å². The number of rotatable bonds is 5. The summed E-state index contributed by atoms with van der Waals surface area (Å²) < 4.78 is 10.8. The summed E-state index contributed by atoms with van der Waals surface area (Å²) in [5.74, 6) is 0.149. The quantitative estimate of drug-likeness (QED) is 0.673. The highest BCUT2D eigenvalue weighted by Crippen LogP contribution is 2.22. The van der Waals surface area contributed by atoms with Gasteiger partial charge in [0.05, 0.1) is 12.2 Å². The fraction of sp³-hybridized carbons (Fsp3) is 0.235. The van der Waals surface area contributed by atoms with Gasteiger partial charge in [0.1, 0.15) is 11.9 Å². The highest BCUT2D eigenvalue weighted by molar-refractivity contribution is 5.91. The Morgan fingerprint density at radius 1 is 1.19 bits per heavy atom. The molecule has 0 aliphatic heterocycles. The van der Waals surface area contributed by atoms with Crippen molar-refractivity contribution in [1.29, 1.82) is 0 Å².